The average molecular weight is 289 g/mol. The first-order chi connectivity index (χ1) is 7.41. The highest BCUT2D eigenvalue weighted by Crippen LogP contribution is 2.27. The lowest BCUT2D eigenvalue weighted by Crippen LogP contribution is -2.15. The van der Waals surface area contributed by atoms with Crippen LogP contribution in [-0.2, 0) is 4.79 Å². The summed E-state index contributed by atoms with van der Waals surface area (Å²) in [5, 5.41) is 19.0. The Morgan fingerprint density at radius 3 is 2.69 bits per heavy atom. The largest absolute Gasteiger partial charge is 0.481 e. The zero-order valence-corrected chi connectivity index (χ0v) is 9.68. The monoisotopic (exact) mass is 288 g/mol. The third-order valence-electron chi connectivity index (χ3n) is 1.99. The Hall–Kier alpha value is -1.47. The fourth-order valence-electron chi connectivity index (χ4n) is 1.23. The maximum atomic E-state index is 10.5. The molecule has 0 amide bonds. The molecule has 1 aromatic carbocycles. The molecule has 0 aliphatic heterocycles. The van der Waals surface area contributed by atoms with Crippen molar-refractivity contribution in [1.82, 2.24) is 0 Å². The highest BCUT2D eigenvalue weighted by Gasteiger charge is 2.16. The van der Waals surface area contributed by atoms with Crippen LogP contribution in [0.4, 0.5) is 5.69 Å². The number of nitrogens with two attached hydrogens (primary N) is 1. The van der Waals surface area contributed by atoms with Crippen molar-refractivity contribution in [2.75, 3.05) is 0 Å². The van der Waals surface area contributed by atoms with E-state index < -0.39 is 16.9 Å². The van der Waals surface area contributed by atoms with Crippen molar-refractivity contribution in [2.24, 2.45) is 5.73 Å². The van der Waals surface area contributed by atoms with Crippen molar-refractivity contribution >= 4 is 27.6 Å². The summed E-state index contributed by atoms with van der Waals surface area (Å²) in [7, 11) is 0. The van der Waals surface area contributed by atoms with Gasteiger partial charge in [-0.15, -0.1) is 0 Å². The predicted molar refractivity (Wildman–Crippen MR) is 60.0 cm³/mol. The Balaban J connectivity index is 2.98. The smallest absolute Gasteiger partial charge is 0.305 e. The molecule has 3 N–H and O–H groups in total. The first-order valence-corrected chi connectivity index (χ1v) is 5.12. The minimum Gasteiger partial charge on any atom is -0.481 e. The van der Waals surface area contributed by atoms with E-state index in [1.54, 1.807) is 0 Å². The molecule has 16 heavy (non-hydrogen) atoms. The predicted octanol–water partition coefficient (Wildman–Crippen LogP) is 1.83. The molecule has 1 atom stereocenters. The fraction of sp³-hybridized carbons (Fsp3) is 0.222. The Morgan fingerprint density at radius 1 is 1.62 bits per heavy atom. The van der Waals surface area contributed by atoms with Gasteiger partial charge in [-0.25, -0.2) is 0 Å². The topological polar surface area (TPSA) is 106 Å². The number of carboxylic acids is 1. The van der Waals surface area contributed by atoms with Crippen LogP contribution in [0.25, 0.3) is 0 Å². The van der Waals surface area contributed by atoms with E-state index in [0.717, 1.165) is 0 Å². The van der Waals surface area contributed by atoms with E-state index in [2.05, 4.69) is 15.9 Å². The second-order valence-corrected chi connectivity index (χ2v) is 4.02. The SMILES string of the molecule is NC(CC(=O)O)c1ccc([N+](=O)[O-])cc1Br. The molecule has 86 valence electrons. The van der Waals surface area contributed by atoms with E-state index in [-0.39, 0.29) is 12.1 Å². The fourth-order valence-corrected chi connectivity index (χ4v) is 1.89. The minimum absolute atomic E-state index is 0.0712. The molecule has 0 saturated heterocycles. The van der Waals surface area contributed by atoms with E-state index in [1.807, 2.05) is 0 Å². The lowest BCUT2D eigenvalue weighted by molar-refractivity contribution is -0.384. The molecule has 0 heterocycles. The summed E-state index contributed by atoms with van der Waals surface area (Å²) in [5.41, 5.74) is 6.11. The standard InChI is InChI=1S/C9H9BrN2O4/c10-7-3-5(12(15)16)1-2-6(7)8(11)4-9(13)14/h1-3,8H,4,11H2,(H,13,14). The van der Waals surface area contributed by atoms with Gasteiger partial charge in [0.15, 0.2) is 0 Å². The second-order valence-electron chi connectivity index (χ2n) is 3.17. The van der Waals surface area contributed by atoms with Gasteiger partial charge < -0.3 is 10.8 Å². The number of hydrogen-bond donors (Lipinski definition) is 2. The van der Waals surface area contributed by atoms with Gasteiger partial charge in [-0.05, 0) is 11.6 Å². The van der Waals surface area contributed by atoms with Crippen LogP contribution < -0.4 is 5.73 Å². The van der Waals surface area contributed by atoms with Crippen molar-refractivity contribution in [3.05, 3.63) is 38.3 Å². The van der Waals surface area contributed by atoms with Gasteiger partial charge in [-0.3, -0.25) is 14.9 Å². The number of nitrogens with zero attached hydrogens (tertiary/aromatic N) is 1. The summed E-state index contributed by atoms with van der Waals surface area (Å²) in [6, 6.07) is 3.36. The normalized spacial score (nSPS) is 12.1. The van der Waals surface area contributed by atoms with Gasteiger partial charge in [0.1, 0.15) is 0 Å². The van der Waals surface area contributed by atoms with Crippen LogP contribution in [0.5, 0.6) is 0 Å². The lowest BCUT2D eigenvalue weighted by Gasteiger charge is -2.10. The number of aliphatic carboxylic acids is 1. The number of nitro groups is 1. The number of rotatable bonds is 4. The summed E-state index contributed by atoms with van der Waals surface area (Å²) in [5.74, 6) is -1.02. The van der Waals surface area contributed by atoms with Crippen molar-refractivity contribution in [3.8, 4) is 0 Å². The molecule has 7 heteroatoms. The molecule has 0 aromatic heterocycles. The number of halogens is 1. The maximum Gasteiger partial charge on any atom is 0.305 e. The van der Waals surface area contributed by atoms with Gasteiger partial charge in [0.2, 0.25) is 0 Å². The van der Waals surface area contributed by atoms with Crippen molar-refractivity contribution < 1.29 is 14.8 Å². The molecule has 1 aromatic rings. The zero-order chi connectivity index (χ0) is 12.3. The molecule has 0 saturated carbocycles. The zero-order valence-electron chi connectivity index (χ0n) is 8.09. The molecule has 0 fully saturated rings. The highest BCUT2D eigenvalue weighted by molar-refractivity contribution is 9.10. The van der Waals surface area contributed by atoms with Crippen LogP contribution in [0.15, 0.2) is 22.7 Å². The van der Waals surface area contributed by atoms with Gasteiger partial charge in [-0.2, -0.15) is 0 Å². The van der Waals surface area contributed by atoms with Crippen LogP contribution in [-0.4, -0.2) is 16.0 Å². The third kappa shape index (κ3) is 3.01. The molecule has 0 aliphatic carbocycles. The number of carbonyl (C=O) groups is 1. The van der Waals surface area contributed by atoms with Crippen LogP contribution in [0.1, 0.15) is 18.0 Å². The van der Waals surface area contributed by atoms with Crippen LogP contribution in [0.3, 0.4) is 0 Å². The van der Waals surface area contributed by atoms with E-state index in [4.69, 9.17) is 10.8 Å². The first-order valence-electron chi connectivity index (χ1n) is 4.33. The summed E-state index contributed by atoms with van der Waals surface area (Å²) in [6.45, 7) is 0. The second kappa shape index (κ2) is 5.04. The number of benzene rings is 1. The summed E-state index contributed by atoms with van der Waals surface area (Å²) in [6.07, 6.45) is -0.226. The van der Waals surface area contributed by atoms with Crippen LogP contribution >= 0.6 is 15.9 Å². The molecular formula is C9H9BrN2O4. The highest BCUT2D eigenvalue weighted by atomic mass is 79.9. The Morgan fingerprint density at radius 2 is 2.25 bits per heavy atom. The van der Waals surface area contributed by atoms with Gasteiger partial charge in [0.25, 0.3) is 5.69 Å². The van der Waals surface area contributed by atoms with Gasteiger partial charge in [0, 0.05) is 22.6 Å². The van der Waals surface area contributed by atoms with Crippen LogP contribution in [0, 0.1) is 10.1 Å². The Labute approximate surface area is 99.3 Å². The minimum atomic E-state index is -1.02. The van der Waals surface area contributed by atoms with Crippen molar-refractivity contribution in [3.63, 3.8) is 0 Å². The van der Waals surface area contributed by atoms with Gasteiger partial charge >= 0.3 is 5.97 Å². The summed E-state index contributed by atoms with van der Waals surface area (Å²) in [4.78, 5) is 20.4. The van der Waals surface area contributed by atoms with E-state index in [0.29, 0.717) is 10.0 Å². The quantitative estimate of drug-likeness (QED) is 0.649. The number of nitro benzene ring substituents is 1. The summed E-state index contributed by atoms with van der Waals surface area (Å²) < 4.78 is 0.440. The Bertz CT molecular complexity index is 436. The molecule has 0 bridgehead atoms. The van der Waals surface area contributed by atoms with Crippen LogP contribution in [0.2, 0.25) is 0 Å². The lowest BCUT2D eigenvalue weighted by atomic mass is 10.0. The Kier molecular flexibility index (Phi) is 3.97. The molecule has 0 radical (unpaired) electrons. The number of carboxylic acid groups (broad SMARTS) is 1. The van der Waals surface area contributed by atoms with Gasteiger partial charge in [0.05, 0.1) is 11.3 Å². The van der Waals surface area contributed by atoms with Crippen molar-refractivity contribution in [1.29, 1.82) is 0 Å². The summed E-state index contributed by atoms with van der Waals surface area (Å²) >= 11 is 3.13. The molecule has 1 unspecified atom stereocenters. The molecule has 1 rings (SSSR count). The average Bonchev–Trinajstić information content (AvgIpc) is 2.15. The molecule has 0 spiro atoms. The molecule has 0 aliphatic rings. The molecule has 6 nitrogen and oxygen atoms in total. The van der Waals surface area contributed by atoms with Crippen molar-refractivity contribution in [2.45, 2.75) is 12.5 Å². The third-order valence-corrected chi connectivity index (χ3v) is 2.68. The maximum absolute atomic E-state index is 10.5. The van der Waals surface area contributed by atoms with Gasteiger partial charge in [-0.1, -0.05) is 15.9 Å². The van der Waals surface area contributed by atoms with E-state index in [9.17, 15) is 14.9 Å². The molecular weight excluding hydrogens is 280 g/mol. The van der Waals surface area contributed by atoms with E-state index in [1.165, 1.54) is 18.2 Å². The number of hydrogen-bond acceptors (Lipinski definition) is 4. The number of non-ortho nitro benzene ring substituents is 1. The van der Waals surface area contributed by atoms with E-state index >= 15 is 0 Å². The first kappa shape index (κ1) is 12.6.